The number of nitrogens with zero attached hydrogens (tertiary/aromatic N) is 1. The monoisotopic (exact) mass is 369 g/mol. The van der Waals surface area contributed by atoms with Crippen LogP contribution in [0, 0.1) is 5.82 Å². The zero-order valence-corrected chi connectivity index (χ0v) is 14.3. The van der Waals surface area contributed by atoms with E-state index in [-0.39, 0.29) is 17.9 Å². The van der Waals surface area contributed by atoms with Crippen LogP contribution in [0.1, 0.15) is 11.1 Å². The first-order chi connectivity index (χ1) is 12.9. The van der Waals surface area contributed by atoms with Crippen LogP contribution in [0.25, 0.3) is 16.7 Å². The second kappa shape index (κ2) is 7.33. The molecule has 1 aromatic heterocycles. The first-order valence-corrected chi connectivity index (χ1v) is 8.00. The van der Waals surface area contributed by atoms with E-state index in [0.717, 1.165) is 0 Å². The molecule has 0 radical (unpaired) electrons. The highest BCUT2D eigenvalue weighted by Gasteiger charge is 2.19. The number of benzene rings is 2. The molecule has 7 heteroatoms. The number of fused-ring (bicyclic) bond motifs is 1. The Morgan fingerprint density at radius 1 is 1.15 bits per heavy atom. The van der Waals surface area contributed by atoms with Gasteiger partial charge in [0, 0.05) is 23.4 Å². The lowest BCUT2D eigenvalue weighted by Gasteiger charge is -2.07. The van der Waals surface area contributed by atoms with Crippen LogP contribution in [0.4, 0.5) is 4.39 Å². The summed E-state index contributed by atoms with van der Waals surface area (Å²) in [5.74, 6) is -3.38. The van der Waals surface area contributed by atoms with Gasteiger partial charge in [-0.05, 0) is 18.2 Å². The number of hydrogen-bond donors (Lipinski definition) is 2. The van der Waals surface area contributed by atoms with Crippen molar-refractivity contribution in [1.82, 2.24) is 4.57 Å². The van der Waals surface area contributed by atoms with Gasteiger partial charge in [0.15, 0.2) is 0 Å². The van der Waals surface area contributed by atoms with E-state index in [0.29, 0.717) is 28.3 Å². The van der Waals surface area contributed by atoms with E-state index in [4.69, 9.17) is 9.84 Å². The molecule has 0 aliphatic rings. The third kappa shape index (κ3) is 3.52. The fourth-order valence-electron chi connectivity index (χ4n) is 2.89. The molecule has 0 amide bonds. The molecule has 0 saturated carbocycles. The van der Waals surface area contributed by atoms with Crippen molar-refractivity contribution in [3.63, 3.8) is 0 Å². The number of carboxylic acids is 1. The van der Waals surface area contributed by atoms with Gasteiger partial charge in [0.25, 0.3) is 5.78 Å². The van der Waals surface area contributed by atoms with E-state index in [1.165, 1.54) is 19.4 Å². The first-order valence-electron chi connectivity index (χ1n) is 8.00. The Labute approximate surface area is 153 Å². The van der Waals surface area contributed by atoms with Crippen LogP contribution in [0.3, 0.4) is 0 Å². The van der Waals surface area contributed by atoms with Crippen molar-refractivity contribution >= 4 is 28.4 Å². The number of aliphatic hydroxyl groups excluding tert-OH is 1. The Hall–Kier alpha value is -3.61. The molecular formula is C20H16FNO5. The van der Waals surface area contributed by atoms with Crippen LogP contribution in [0.15, 0.2) is 54.7 Å². The van der Waals surface area contributed by atoms with E-state index < -0.39 is 17.5 Å². The molecule has 6 nitrogen and oxygen atoms in total. The molecule has 0 atom stereocenters. The maximum absolute atomic E-state index is 14.0. The number of aliphatic hydroxyl groups is 1. The normalized spacial score (nSPS) is 11.6. The number of aliphatic carboxylic acids is 1. The molecule has 0 aliphatic carbocycles. The van der Waals surface area contributed by atoms with E-state index in [9.17, 15) is 19.1 Å². The lowest BCUT2D eigenvalue weighted by atomic mass is 10.1. The number of carbonyl (C=O) groups excluding carboxylic acids is 1. The Bertz CT molecular complexity index is 1070. The molecule has 138 valence electrons. The lowest BCUT2D eigenvalue weighted by Crippen LogP contribution is -2.09. The van der Waals surface area contributed by atoms with Crippen LogP contribution in [0.5, 0.6) is 5.75 Å². The molecule has 2 aromatic carbocycles. The lowest BCUT2D eigenvalue weighted by molar-refractivity contribution is -0.146. The molecule has 0 saturated heterocycles. The van der Waals surface area contributed by atoms with Crippen LogP contribution in [0.2, 0.25) is 0 Å². The molecule has 1 heterocycles. The first kappa shape index (κ1) is 18.2. The minimum absolute atomic E-state index is 0.177. The van der Waals surface area contributed by atoms with Gasteiger partial charge in [-0.1, -0.05) is 24.3 Å². The molecule has 3 aromatic rings. The van der Waals surface area contributed by atoms with Crippen LogP contribution in [-0.2, 0) is 16.1 Å². The minimum atomic E-state index is -1.68. The van der Waals surface area contributed by atoms with Gasteiger partial charge < -0.3 is 19.5 Å². The summed E-state index contributed by atoms with van der Waals surface area (Å²) in [5, 5.41) is 19.6. The predicted octanol–water partition coefficient (Wildman–Crippen LogP) is 3.39. The summed E-state index contributed by atoms with van der Waals surface area (Å²) in [6, 6.07) is 11.5. The van der Waals surface area contributed by atoms with Crippen molar-refractivity contribution in [1.29, 1.82) is 0 Å². The summed E-state index contributed by atoms with van der Waals surface area (Å²) < 4.78 is 21.1. The summed E-state index contributed by atoms with van der Waals surface area (Å²) >= 11 is 0. The molecule has 3 rings (SSSR count). The quantitative estimate of drug-likeness (QED) is 0.395. The van der Waals surface area contributed by atoms with Gasteiger partial charge in [0.2, 0.25) is 0 Å². The maximum atomic E-state index is 14.0. The maximum Gasteiger partial charge on any atom is 0.376 e. The Morgan fingerprint density at radius 2 is 1.89 bits per heavy atom. The smallest absolute Gasteiger partial charge is 0.376 e. The standard InChI is InChI=1S/C20H16FNO5/c1-27-18-8-4-7-15-19(18)13(16(23)9-17(24)20(25)26)11-22(15)10-12-5-2-3-6-14(12)21/h2-9,11,23H,10H2,1H3,(H,25,26)/b16-9+. The third-order valence-corrected chi connectivity index (χ3v) is 4.14. The van der Waals surface area contributed by atoms with Crippen LogP contribution in [-0.4, -0.2) is 33.6 Å². The Balaban J connectivity index is 2.18. The predicted molar refractivity (Wildman–Crippen MR) is 97.2 cm³/mol. The zero-order valence-electron chi connectivity index (χ0n) is 14.3. The number of halogens is 1. The van der Waals surface area contributed by atoms with Gasteiger partial charge in [-0.25, -0.2) is 9.18 Å². The minimum Gasteiger partial charge on any atom is -0.507 e. The van der Waals surface area contributed by atoms with Crippen molar-refractivity contribution in [2.24, 2.45) is 0 Å². The number of methoxy groups -OCH3 is 1. The zero-order chi connectivity index (χ0) is 19.6. The van der Waals surface area contributed by atoms with Gasteiger partial charge in [-0.3, -0.25) is 4.79 Å². The van der Waals surface area contributed by atoms with Crippen molar-refractivity contribution in [2.75, 3.05) is 7.11 Å². The highest BCUT2D eigenvalue weighted by Crippen LogP contribution is 2.34. The number of ketones is 1. The van der Waals surface area contributed by atoms with E-state index in [1.54, 1.807) is 41.0 Å². The third-order valence-electron chi connectivity index (χ3n) is 4.14. The van der Waals surface area contributed by atoms with Crippen LogP contribution < -0.4 is 4.74 Å². The van der Waals surface area contributed by atoms with Crippen molar-refractivity contribution < 1.29 is 28.9 Å². The number of aromatic nitrogens is 1. The van der Waals surface area contributed by atoms with E-state index >= 15 is 0 Å². The highest BCUT2D eigenvalue weighted by molar-refractivity contribution is 6.38. The van der Waals surface area contributed by atoms with Crippen molar-refractivity contribution in [3.8, 4) is 5.75 Å². The number of hydrogen-bond acceptors (Lipinski definition) is 4. The molecule has 0 spiro atoms. The van der Waals surface area contributed by atoms with Gasteiger partial charge in [0.1, 0.15) is 17.3 Å². The summed E-state index contributed by atoms with van der Waals surface area (Å²) in [7, 11) is 1.45. The number of ether oxygens (including phenoxy) is 1. The molecule has 2 N–H and O–H groups in total. The van der Waals surface area contributed by atoms with E-state index in [2.05, 4.69) is 0 Å². The second-order valence-electron chi connectivity index (χ2n) is 5.82. The topological polar surface area (TPSA) is 88.8 Å². The van der Waals surface area contributed by atoms with Gasteiger partial charge >= 0.3 is 5.97 Å². The summed E-state index contributed by atoms with van der Waals surface area (Å²) in [4.78, 5) is 22.2. The molecule has 0 aliphatic heterocycles. The van der Waals surface area contributed by atoms with Crippen molar-refractivity contribution in [3.05, 3.63) is 71.7 Å². The molecular weight excluding hydrogens is 353 g/mol. The number of rotatable bonds is 6. The molecule has 27 heavy (non-hydrogen) atoms. The fraction of sp³-hybridized carbons (Fsp3) is 0.100. The number of carbonyl (C=O) groups is 2. The van der Waals surface area contributed by atoms with E-state index in [1.807, 2.05) is 0 Å². The molecule has 0 bridgehead atoms. The second-order valence-corrected chi connectivity index (χ2v) is 5.82. The fourth-order valence-corrected chi connectivity index (χ4v) is 2.89. The summed E-state index contributed by atoms with van der Waals surface area (Å²) in [6.45, 7) is 0.177. The largest absolute Gasteiger partial charge is 0.507 e. The highest BCUT2D eigenvalue weighted by atomic mass is 19.1. The molecule has 0 unspecified atom stereocenters. The van der Waals surface area contributed by atoms with Crippen LogP contribution >= 0.6 is 0 Å². The SMILES string of the molecule is COc1cccc2c1c(/C(O)=C\C(=O)C(=O)O)cn2Cc1ccccc1F. The van der Waals surface area contributed by atoms with Gasteiger partial charge in [-0.15, -0.1) is 0 Å². The summed E-state index contributed by atoms with van der Waals surface area (Å²) in [6.07, 6.45) is 2.16. The molecule has 0 fully saturated rings. The Morgan fingerprint density at radius 3 is 2.56 bits per heavy atom. The van der Waals surface area contributed by atoms with Gasteiger partial charge in [-0.2, -0.15) is 0 Å². The Kier molecular flexibility index (Phi) is 4.94. The number of carboxylic acid groups (broad SMARTS) is 1. The average Bonchev–Trinajstić information content (AvgIpc) is 3.02. The van der Waals surface area contributed by atoms with Crippen molar-refractivity contribution in [2.45, 2.75) is 6.54 Å². The summed E-state index contributed by atoms with van der Waals surface area (Å²) in [5.41, 5.74) is 1.29. The van der Waals surface area contributed by atoms with Gasteiger partial charge in [0.05, 0.1) is 24.6 Å². The average molecular weight is 369 g/mol.